The van der Waals surface area contributed by atoms with Crippen LogP contribution in [0.2, 0.25) is 5.02 Å². The van der Waals surface area contributed by atoms with E-state index in [0.29, 0.717) is 5.02 Å². The molecule has 0 aliphatic carbocycles. The smallest absolute Gasteiger partial charge is 0.163 e. The first-order valence-corrected chi connectivity index (χ1v) is 4.58. The third kappa shape index (κ3) is 2.32. The largest absolute Gasteiger partial charge is 0.316 e. The highest BCUT2D eigenvalue weighted by atomic mass is 35.5. The zero-order valence-electron chi connectivity index (χ0n) is 6.28. The van der Waals surface area contributed by atoms with Gasteiger partial charge >= 0.3 is 10.5 Å². The number of halogens is 1. The Bertz CT molecular complexity index is 417. The lowest BCUT2D eigenvalue weighted by molar-refractivity contribution is 0.622. The van der Waals surface area contributed by atoms with Gasteiger partial charge in [-0.3, -0.25) is 0 Å². The van der Waals surface area contributed by atoms with Crippen LogP contribution < -0.4 is 0 Å². The molecule has 0 aromatic heterocycles. The lowest BCUT2D eigenvalue weighted by atomic mass is 10.2. The van der Waals surface area contributed by atoms with Crippen LogP contribution in [0.5, 0.6) is 0 Å². The number of hydrogen-bond acceptors (Lipinski definition) is 3. The molecule has 0 aliphatic heterocycles. The maximum Gasteiger partial charge on any atom is 0.316 e. The molecule has 3 nitrogen and oxygen atoms in total. The first-order chi connectivity index (χ1) is 5.59. The van der Waals surface area contributed by atoms with Crippen molar-refractivity contribution in [2.75, 3.05) is 0 Å². The number of hydrogen-bond donors (Lipinski definition) is 0. The summed E-state index contributed by atoms with van der Waals surface area (Å²) >= 11 is 5.71. The molecule has 1 aromatic rings. The maximum absolute atomic E-state index is 10.2. The van der Waals surface area contributed by atoms with Gasteiger partial charge < -0.3 is 0 Å². The standard InChI is InChI=1S/C7H6ClNO2S/c1-5-2-3-7(6(8)4-5)9-12(10)11/h2-4H,1H3. The van der Waals surface area contributed by atoms with Gasteiger partial charge in [0.2, 0.25) is 0 Å². The zero-order chi connectivity index (χ0) is 9.14. The molecule has 0 heterocycles. The Kier molecular flexibility index (Phi) is 2.83. The highest BCUT2D eigenvalue weighted by Crippen LogP contribution is 2.25. The van der Waals surface area contributed by atoms with Crippen LogP contribution in [0, 0.1) is 6.92 Å². The summed E-state index contributed by atoms with van der Waals surface area (Å²) in [5.41, 5.74) is 1.24. The molecule has 0 bridgehead atoms. The summed E-state index contributed by atoms with van der Waals surface area (Å²) in [6.07, 6.45) is 0. The predicted molar refractivity (Wildman–Crippen MR) is 47.2 cm³/mol. The van der Waals surface area contributed by atoms with Crippen LogP contribution in [0.25, 0.3) is 0 Å². The Labute approximate surface area is 76.7 Å². The van der Waals surface area contributed by atoms with E-state index in [2.05, 4.69) is 4.36 Å². The highest BCUT2D eigenvalue weighted by Gasteiger charge is 1.97. The van der Waals surface area contributed by atoms with Crippen molar-refractivity contribution in [1.82, 2.24) is 0 Å². The van der Waals surface area contributed by atoms with E-state index in [0.717, 1.165) is 5.56 Å². The second-order valence-electron chi connectivity index (χ2n) is 2.26. The van der Waals surface area contributed by atoms with Crippen LogP contribution in [0.3, 0.4) is 0 Å². The lowest BCUT2D eigenvalue weighted by Crippen LogP contribution is -1.72. The highest BCUT2D eigenvalue weighted by molar-refractivity contribution is 7.61. The molecule has 12 heavy (non-hydrogen) atoms. The van der Waals surface area contributed by atoms with Crippen molar-refractivity contribution < 1.29 is 8.42 Å². The molecule has 5 heteroatoms. The lowest BCUT2D eigenvalue weighted by Gasteiger charge is -1.95. The second-order valence-corrected chi connectivity index (χ2v) is 3.29. The summed E-state index contributed by atoms with van der Waals surface area (Å²) in [6.45, 7) is 1.86. The molecule has 0 unspecified atom stereocenters. The molecule has 1 aromatic carbocycles. The van der Waals surface area contributed by atoms with Gasteiger partial charge in [0.05, 0.1) is 10.7 Å². The van der Waals surface area contributed by atoms with E-state index in [1.807, 2.05) is 6.92 Å². The van der Waals surface area contributed by atoms with Gasteiger partial charge in [-0.1, -0.05) is 17.7 Å². The minimum atomic E-state index is -2.44. The molecule has 64 valence electrons. The van der Waals surface area contributed by atoms with Gasteiger partial charge in [0.1, 0.15) is 0 Å². The summed E-state index contributed by atoms with van der Waals surface area (Å²) in [5, 5.41) is 0.346. The molecular formula is C7H6ClNO2S. The summed E-state index contributed by atoms with van der Waals surface area (Å²) < 4.78 is 23.6. The Balaban J connectivity index is 3.28. The minimum absolute atomic E-state index is 0.274. The molecular weight excluding hydrogens is 198 g/mol. The monoisotopic (exact) mass is 203 g/mol. The van der Waals surface area contributed by atoms with Crippen molar-refractivity contribution in [2.24, 2.45) is 4.36 Å². The fourth-order valence-corrected chi connectivity index (χ4v) is 1.41. The third-order valence-corrected chi connectivity index (χ3v) is 1.92. The van der Waals surface area contributed by atoms with Gasteiger partial charge in [0, 0.05) is 0 Å². The van der Waals surface area contributed by atoms with Crippen molar-refractivity contribution in [1.29, 1.82) is 0 Å². The van der Waals surface area contributed by atoms with Gasteiger partial charge in [-0.25, -0.2) is 0 Å². The van der Waals surface area contributed by atoms with E-state index >= 15 is 0 Å². The fourth-order valence-electron chi connectivity index (χ4n) is 0.766. The number of aryl methyl sites for hydroxylation is 1. The normalized spacial score (nSPS) is 9.50. The fraction of sp³-hybridized carbons (Fsp3) is 0.143. The molecule has 0 saturated heterocycles. The molecule has 0 amide bonds. The van der Waals surface area contributed by atoms with Crippen LogP contribution in [-0.2, 0) is 10.5 Å². The van der Waals surface area contributed by atoms with E-state index in [4.69, 9.17) is 11.6 Å². The summed E-state index contributed by atoms with van der Waals surface area (Å²) in [5.74, 6) is 0. The first-order valence-electron chi connectivity index (χ1n) is 3.17. The Morgan fingerprint density at radius 3 is 2.58 bits per heavy atom. The maximum atomic E-state index is 10.2. The summed E-state index contributed by atoms with van der Waals surface area (Å²) in [7, 11) is -2.44. The van der Waals surface area contributed by atoms with Crippen LogP contribution in [0.1, 0.15) is 5.56 Å². The average molecular weight is 204 g/mol. The first kappa shape index (κ1) is 9.22. The van der Waals surface area contributed by atoms with Gasteiger partial charge in [-0.05, 0) is 24.6 Å². The molecule has 0 atom stereocenters. The van der Waals surface area contributed by atoms with E-state index in [1.54, 1.807) is 18.2 Å². The van der Waals surface area contributed by atoms with Crippen molar-refractivity contribution in [3.8, 4) is 0 Å². The number of benzene rings is 1. The molecule has 0 spiro atoms. The van der Waals surface area contributed by atoms with E-state index < -0.39 is 10.5 Å². The summed E-state index contributed by atoms with van der Waals surface area (Å²) in [6, 6.07) is 4.97. The van der Waals surface area contributed by atoms with Crippen LogP contribution in [0.4, 0.5) is 5.69 Å². The quantitative estimate of drug-likeness (QED) is 0.704. The van der Waals surface area contributed by atoms with Crippen molar-refractivity contribution in [3.63, 3.8) is 0 Å². The zero-order valence-corrected chi connectivity index (χ0v) is 7.85. The topological polar surface area (TPSA) is 46.5 Å². The van der Waals surface area contributed by atoms with Gasteiger partial charge in [0.15, 0.2) is 0 Å². The predicted octanol–water partition coefficient (Wildman–Crippen LogP) is 2.34. The van der Waals surface area contributed by atoms with Crippen LogP contribution in [0.15, 0.2) is 22.6 Å². The molecule has 1 rings (SSSR count). The van der Waals surface area contributed by atoms with Crippen molar-refractivity contribution >= 4 is 27.8 Å². The molecule has 0 N–H and O–H groups in total. The Hall–Kier alpha value is -0.870. The van der Waals surface area contributed by atoms with E-state index in [-0.39, 0.29) is 5.69 Å². The van der Waals surface area contributed by atoms with Crippen molar-refractivity contribution in [2.45, 2.75) is 6.92 Å². The molecule has 0 saturated carbocycles. The van der Waals surface area contributed by atoms with Gasteiger partial charge in [-0.2, -0.15) is 8.42 Å². The third-order valence-electron chi connectivity index (χ3n) is 1.28. The van der Waals surface area contributed by atoms with Gasteiger partial charge in [-0.15, -0.1) is 4.36 Å². The Morgan fingerprint density at radius 2 is 2.08 bits per heavy atom. The number of nitrogens with zero attached hydrogens (tertiary/aromatic N) is 1. The summed E-state index contributed by atoms with van der Waals surface area (Å²) in [4.78, 5) is 0. The SMILES string of the molecule is Cc1ccc(N=S(=O)=O)c(Cl)c1. The minimum Gasteiger partial charge on any atom is -0.163 e. The average Bonchev–Trinajstić information content (AvgIpc) is 1.94. The van der Waals surface area contributed by atoms with E-state index in [1.165, 1.54) is 0 Å². The van der Waals surface area contributed by atoms with Crippen molar-refractivity contribution in [3.05, 3.63) is 28.8 Å². The van der Waals surface area contributed by atoms with Crippen LogP contribution in [-0.4, -0.2) is 8.42 Å². The Morgan fingerprint density at radius 1 is 1.42 bits per heavy atom. The van der Waals surface area contributed by atoms with E-state index in [9.17, 15) is 8.42 Å². The molecule has 0 radical (unpaired) electrons. The number of rotatable bonds is 1. The van der Waals surface area contributed by atoms with Gasteiger partial charge in [0.25, 0.3) is 0 Å². The molecule has 0 fully saturated rings. The second kappa shape index (κ2) is 3.69. The van der Waals surface area contributed by atoms with Crippen LogP contribution >= 0.6 is 11.6 Å². The molecule has 0 aliphatic rings.